The van der Waals surface area contributed by atoms with E-state index >= 15 is 0 Å². The first kappa shape index (κ1) is 8.15. The molecule has 0 atom stereocenters. The number of hydrogen-bond acceptors (Lipinski definition) is 1. The highest BCUT2D eigenvalue weighted by atomic mass is 14.7. The Morgan fingerprint density at radius 1 is 1.56 bits per heavy atom. The molecule has 0 aromatic carbocycles. The van der Waals surface area contributed by atoms with E-state index in [4.69, 9.17) is 0 Å². The van der Waals surface area contributed by atoms with Crippen LogP contribution in [0.15, 0.2) is 29.4 Å². The largest absolute Gasteiger partial charge is 0.262 e. The van der Waals surface area contributed by atoms with E-state index in [2.05, 4.69) is 18.2 Å². The summed E-state index contributed by atoms with van der Waals surface area (Å²) in [5.41, 5.74) is 1.86. The van der Waals surface area contributed by atoms with E-state index in [1.165, 1.54) is 0 Å². The average molecular weight is 123 g/mol. The Morgan fingerprint density at radius 2 is 2.11 bits per heavy atom. The first-order chi connectivity index (χ1) is 4.16. The van der Waals surface area contributed by atoms with E-state index in [1.807, 2.05) is 13.8 Å². The molecule has 0 aromatic rings. The van der Waals surface area contributed by atoms with Crippen LogP contribution in [0.5, 0.6) is 0 Å². The molecule has 0 spiro atoms. The first-order valence-corrected chi connectivity index (χ1v) is 3.04. The molecule has 0 radical (unpaired) electrons. The van der Waals surface area contributed by atoms with Gasteiger partial charge in [0.05, 0.1) is 0 Å². The molecule has 0 rings (SSSR count). The molecule has 0 aliphatic heterocycles. The van der Waals surface area contributed by atoms with Gasteiger partial charge in [0.15, 0.2) is 0 Å². The van der Waals surface area contributed by atoms with Crippen molar-refractivity contribution in [1.29, 1.82) is 0 Å². The Hall–Kier alpha value is -0.850. The molecule has 0 saturated carbocycles. The lowest BCUT2D eigenvalue weighted by atomic mass is 10.3. The maximum Gasteiger partial charge on any atom is 0.0301 e. The second-order valence-electron chi connectivity index (χ2n) is 2.01. The van der Waals surface area contributed by atoms with E-state index in [0.717, 1.165) is 17.7 Å². The Bertz CT molecular complexity index is 143. The van der Waals surface area contributed by atoms with Crippen LogP contribution in [-0.4, -0.2) is 6.21 Å². The van der Waals surface area contributed by atoms with Crippen molar-refractivity contribution in [2.45, 2.75) is 20.3 Å². The number of hydrogen-bond donors (Lipinski definition) is 0. The highest BCUT2D eigenvalue weighted by molar-refractivity contribution is 5.78. The molecule has 0 unspecified atom stereocenters. The highest BCUT2D eigenvalue weighted by Crippen LogP contribution is 1.94. The Balaban J connectivity index is 3.71. The Labute approximate surface area is 56.8 Å². The summed E-state index contributed by atoms with van der Waals surface area (Å²) in [6.07, 6.45) is 2.71. The fraction of sp³-hybridized carbons (Fsp3) is 0.375. The molecule has 0 bridgehead atoms. The Morgan fingerprint density at radius 3 is 2.44 bits per heavy atom. The lowest BCUT2D eigenvalue weighted by molar-refractivity contribution is 1.18. The number of rotatable bonds is 3. The molecule has 0 aromatic heterocycles. The van der Waals surface area contributed by atoms with Crippen molar-refractivity contribution in [3.8, 4) is 0 Å². The third-order valence-corrected chi connectivity index (χ3v) is 0.922. The van der Waals surface area contributed by atoms with Crippen molar-refractivity contribution in [3.63, 3.8) is 0 Å². The normalized spacial score (nSPS) is 10.0. The molecule has 1 nitrogen and oxygen atoms in total. The summed E-state index contributed by atoms with van der Waals surface area (Å²) in [4.78, 5) is 3.98. The van der Waals surface area contributed by atoms with Crippen LogP contribution >= 0.6 is 0 Å². The van der Waals surface area contributed by atoms with Crippen molar-refractivity contribution in [3.05, 3.63) is 24.4 Å². The zero-order valence-electron chi connectivity index (χ0n) is 6.15. The van der Waals surface area contributed by atoms with Gasteiger partial charge in [-0.15, -0.1) is 0 Å². The summed E-state index contributed by atoms with van der Waals surface area (Å²) >= 11 is 0. The first-order valence-electron chi connectivity index (χ1n) is 3.04. The second-order valence-corrected chi connectivity index (χ2v) is 2.01. The number of nitrogens with zero attached hydrogens (tertiary/aromatic N) is 1. The van der Waals surface area contributed by atoms with E-state index in [9.17, 15) is 0 Å². The highest BCUT2D eigenvalue weighted by Gasteiger charge is 1.80. The minimum Gasteiger partial charge on any atom is -0.262 e. The van der Waals surface area contributed by atoms with Gasteiger partial charge < -0.3 is 0 Å². The monoisotopic (exact) mass is 123 g/mol. The SMILES string of the molecule is C=C(C=NC(=C)C)CC. The van der Waals surface area contributed by atoms with Crippen LogP contribution in [-0.2, 0) is 0 Å². The van der Waals surface area contributed by atoms with Gasteiger partial charge in [-0.2, -0.15) is 0 Å². The molecule has 9 heavy (non-hydrogen) atoms. The van der Waals surface area contributed by atoms with Crippen LogP contribution in [0.4, 0.5) is 0 Å². The zero-order chi connectivity index (χ0) is 7.28. The predicted octanol–water partition coefficient (Wildman–Crippen LogP) is 2.56. The van der Waals surface area contributed by atoms with Gasteiger partial charge in [-0.1, -0.05) is 20.1 Å². The van der Waals surface area contributed by atoms with E-state index in [-0.39, 0.29) is 0 Å². The minimum absolute atomic E-state index is 0.824. The zero-order valence-corrected chi connectivity index (χ0v) is 6.15. The van der Waals surface area contributed by atoms with Crippen molar-refractivity contribution >= 4 is 6.21 Å². The topological polar surface area (TPSA) is 12.4 Å². The molecule has 50 valence electrons. The summed E-state index contributed by atoms with van der Waals surface area (Å²) < 4.78 is 0. The van der Waals surface area contributed by atoms with Crippen LogP contribution in [0.1, 0.15) is 20.3 Å². The lowest BCUT2D eigenvalue weighted by Crippen LogP contribution is -1.78. The summed E-state index contributed by atoms with van der Waals surface area (Å²) in [5.74, 6) is 0. The average Bonchev–Trinajstić information content (AvgIpc) is 1.83. The van der Waals surface area contributed by atoms with Gasteiger partial charge in [0, 0.05) is 11.9 Å². The van der Waals surface area contributed by atoms with Crippen molar-refractivity contribution < 1.29 is 0 Å². The van der Waals surface area contributed by atoms with Gasteiger partial charge in [0.1, 0.15) is 0 Å². The standard InChI is InChI=1S/C8H13N/c1-5-8(4)6-9-7(2)3/h6H,2,4-5H2,1,3H3. The molecule has 0 heterocycles. The minimum atomic E-state index is 0.824. The quantitative estimate of drug-likeness (QED) is 0.511. The van der Waals surface area contributed by atoms with Crippen LogP contribution in [0.2, 0.25) is 0 Å². The second kappa shape index (κ2) is 4.07. The summed E-state index contributed by atoms with van der Waals surface area (Å²) in [6.45, 7) is 11.3. The molecule has 0 N–H and O–H groups in total. The molecule has 0 amide bonds. The summed E-state index contributed by atoms with van der Waals surface area (Å²) in [6, 6.07) is 0. The summed E-state index contributed by atoms with van der Waals surface area (Å²) in [5, 5.41) is 0. The van der Waals surface area contributed by atoms with E-state index < -0.39 is 0 Å². The molecule has 0 saturated heterocycles. The molecule has 0 aliphatic rings. The van der Waals surface area contributed by atoms with Crippen molar-refractivity contribution in [2.24, 2.45) is 4.99 Å². The molecule has 0 fully saturated rings. The van der Waals surface area contributed by atoms with Gasteiger partial charge in [0.25, 0.3) is 0 Å². The van der Waals surface area contributed by atoms with Gasteiger partial charge >= 0.3 is 0 Å². The molecular weight excluding hydrogens is 110 g/mol. The third kappa shape index (κ3) is 5.01. The van der Waals surface area contributed by atoms with Crippen LogP contribution in [0, 0.1) is 0 Å². The summed E-state index contributed by atoms with van der Waals surface area (Å²) in [7, 11) is 0. The third-order valence-electron chi connectivity index (χ3n) is 0.922. The molecular formula is C8H13N. The van der Waals surface area contributed by atoms with Gasteiger partial charge in [-0.3, -0.25) is 4.99 Å². The fourth-order valence-electron chi connectivity index (χ4n) is 0.293. The smallest absolute Gasteiger partial charge is 0.0301 e. The van der Waals surface area contributed by atoms with Gasteiger partial charge in [-0.25, -0.2) is 0 Å². The maximum atomic E-state index is 3.98. The van der Waals surface area contributed by atoms with Gasteiger partial charge in [0.2, 0.25) is 0 Å². The lowest BCUT2D eigenvalue weighted by Gasteiger charge is -1.89. The molecule has 0 aliphatic carbocycles. The number of aliphatic imine (C=N–C) groups is 1. The number of allylic oxidation sites excluding steroid dienone is 2. The predicted molar refractivity (Wildman–Crippen MR) is 42.7 cm³/mol. The fourth-order valence-corrected chi connectivity index (χ4v) is 0.293. The van der Waals surface area contributed by atoms with Crippen LogP contribution in [0.25, 0.3) is 0 Å². The Kier molecular flexibility index (Phi) is 3.69. The van der Waals surface area contributed by atoms with Crippen LogP contribution in [0.3, 0.4) is 0 Å². The molecule has 1 heteroatoms. The van der Waals surface area contributed by atoms with Crippen molar-refractivity contribution in [1.82, 2.24) is 0 Å². The van der Waals surface area contributed by atoms with E-state index in [1.54, 1.807) is 6.21 Å². The van der Waals surface area contributed by atoms with Gasteiger partial charge in [-0.05, 0) is 18.9 Å². The van der Waals surface area contributed by atoms with E-state index in [0.29, 0.717) is 0 Å². The maximum absolute atomic E-state index is 3.98. The van der Waals surface area contributed by atoms with Crippen LogP contribution < -0.4 is 0 Å². The van der Waals surface area contributed by atoms with Crippen molar-refractivity contribution in [2.75, 3.05) is 0 Å².